The maximum Gasteiger partial charge on any atom is 0.264 e. The average Bonchev–Trinajstić information content (AvgIpc) is 2.60. The van der Waals surface area contributed by atoms with Gasteiger partial charge in [-0.05, 0) is 54.0 Å². The number of aromatic nitrogens is 1. The lowest BCUT2D eigenvalue weighted by atomic mass is 10.1. The van der Waals surface area contributed by atoms with Crippen LogP contribution in [0.1, 0.15) is 13.8 Å². The zero-order valence-electron chi connectivity index (χ0n) is 15.8. The maximum atomic E-state index is 12.7. The van der Waals surface area contributed by atoms with E-state index in [1.54, 1.807) is 19.4 Å². The molecule has 144 valence electrons. The molecule has 0 saturated carbocycles. The van der Waals surface area contributed by atoms with Gasteiger partial charge >= 0.3 is 0 Å². The highest BCUT2D eigenvalue weighted by molar-refractivity contribution is 9.10. The summed E-state index contributed by atoms with van der Waals surface area (Å²) in [5.41, 5.74) is 0.121. The SMILES string of the molecule is COCC#CC(C)(C)NC(=O)C(COC)Oc1ccc2ncc(Br)cc2c1. The summed E-state index contributed by atoms with van der Waals surface area (Å²) in [5.74, 6) is 6.08. The molecule has 1 atom stereocenters. The minimum Gasteiger partial charge on any atom is -0.478 e. The van der Waals surface area contributed by atoms with Crippen molar-refractivity contribution in [2.24, 2.45) is 0 Å². The maximum absolute atomic E-state index is 12.7. The normalized spacial score (nSPS) is 12.2. The molecule has 2 rings (SSSR count). The van der Waals surface area contributed by atoms with Gasteiger partial charge in [0.1, 0.15) is 12.4 Å². The quantitative estimate of drug-likeness (QED) is 0.678. The molecule has 0 saturated heterocycles. The number of nitrogens with one attached hydrogen (secondary N) is 1. The van der Waals surface area contributed by atoms with Gasteiger partial charge in [0.05, 0.1) is 17.7 Å². The lowest BCUT2D eigenvalue weighted by Gasteiger charge is -2.24. The number of hydrogen-bond donors (Lipinski definition) is 1. The Kier molecular flexibility index (Phi) is 7.60. The second-order valence-electron chi connectivity index (χ2n) is 6.42. The summed E-state index contributed by atoms with van der Waals surface area (Å²) >= 11 is 3.41. The van der Waals surface area contributed by atoms with E-state index in [1.165, 1.54) is 7.11 Å². The number of carbonyl (C=O) groups is 1. The number of methoxy groups -OCH3 is 2. The summed E-state index contributed by atoms with van der Waals surface area (Å²) in [6.45, 7) is 4.05. The number of halogens is 1. The first-order valence-electron chi connectivity index (χ1n) is 8.36. The van der Waals surface area contributed by atoms with Gasteiger partial charge in [-0.1, -0.05) is 11.8 Å². The Hall–Kier alpha value is -2.14. The van der Waals surface area contributed by atoms with Crippen molar-refractivity contribution in [3.8, 4) is 17.6 Å². The van der Waals surface area contributed by atoms with Crippen LogP contribution in [0, 0.1) is 11.8 Å². The van der Waals surface area contributed by atoms with Crippen molar-refractivity contribution in [3.05, 3.63) is 34.9 Å². The first-order valence-corrected chi connectivity index (χ1v) is 9.16. The van der Waals surface area contributed by atoms with Crippen molar-refractivity contribution in [1.29, 1.82) is 0 Å². The molecule has 0 fully saturated rings. The highest BCUT2D eigenvalue weighted by Gasteiger charge is 2.26. The summed E-state index contributed by atoms with van der Waals surface area (Å²) in [6, 6.07) is 7.41. The van der Waals surface area contributed by atoms with E-state index in [2.05, 4.69) is 38.1 Å². The molecule has 2 aromatic rings. The minimum atomic E-state index is -0.809. The molecule has 6 nitrogen and oxygen atoms in total. The third kappa shape index (κ3) is 6.51. The summed E-state index contributed by atoms with van der Waals surface area (Å²) < 4.78 is 16.8. The zero-order chi connectivity index (χ0) is 19.9. The number of benzene rings is 1. The molecular formula is C20H23BrN2O4. The predicted molar refractivity (Wildman–Crippen MR) is 108 cm³/mol. The van der Waals surface area contributed by atoms with Crippen molar-refractivity contribution < 1.29 is 19.0 Å². The number of hydrogen-bond acceptors (Lipinski definition) is 5. The molecule has 1 aromatic heterocycles. The van der Waals surface area contributed by atoms with E-state index in [-0.39, 0.29) is 12.5 Å². The van der Waals surface area contributed by atoms with Crippen LogP contribution in [-0.4, -0.2) is 50.0 Å². The molecule has 1 amide bonds. The molecule has 0 radical (unpaired) electrons. The van der Waals surface area contributed by atoms with Crippen molar-refractivity contribution in [3.63, 3.8) is 0 Å². The molecule has 0 aliphatic rings. The van der Waals surface area contributed by atoms with E-state index in [4.69, 9.17) is 14.2 Å². The fraction of sp³-hybridized carbons (Fsp3) is 0.400. The highest BCUT2D eigenvalue weighted by Crippen LogP contribution is 2.23. The molecule has 0 spiro atoms. The Labute approximate surface area is 167 Å². The Balaban J connectivity index is 2.14. The molecule has 1 unspecified atom stereocenters. The van der Waals surface area contributed by atoms with Crippen LogP contribution in [-0.2, 0) is 14.3 Å². The predicted octanol–water partition coefficient (Wildman–Crippen LogP) is 2.94. The monoisotopic (exact) mass is 434 g/mol. The number of amides is 1. The van der Waals surface area contributed by atoms with Crippen LogP contribution in [0.15, 0.2) is 34.9 Å². The van der Waals surface area contributed by atoms with E-state index in [0.717, 1.165) is 15.4 Å². The number of fused-ring (bicyclic) bond motifs is 1. The standard InChI is InChI=1S/C20H23BrN2O4/c1-20(2,8-5-9-25-3)23-19(24)18(13-26-4)27-16-6-7-17-14(11-16)10-15(21)12-22-17/h6-7,10-12,18H,9,13H2,1-4H3,(H,23,24). The van der Waals surface area contributed by atoms with Gasteiger partial charge in [0.15, 0.2) is 6.10 Å². The summed E-state index contributed by atoms with van der Waals surface area (Å²) in [4.78, 5) is 17.0. The highest BCUT2D eigenvalue weighted by atomic mass is 79.9. The molecule has 0 aliphatic heterocycles. The van der Waals surface area contributed by atoms with Crippen LogP contribution in [0.3, 0.4) is 0 Å². The van der Waals surface area contributed by atoms with Gasteiger partial charge in [0.25, 0.3) is 5.91 Å². The van der Waals surface area contributed by atoms with Gasteiger partial charge in [0, 0.05) is 30.3 Å². The fourth-order valence-corrected chi connectivity index (χ4v) is 2.73. The number of pyridine rings is 1. The number of carbonyl (C=O) groups excluding carboxylic acids is 1. The Morgan fingerprint density at radius 2 is 2.07 bits per heavy atom. The Bertz CT molecular complexity index is 858. The molecule has 1 aromatic carbocycles. The van der Waals surface area contributed by atoms with Gasteiger partial charge in [-0.3, -0.25) is 9.78 Å². The Morgan fingerprint density at radius 3 is 2.78 bits per heavy atom. The van der Waals surface area contributed by atoms with E-state index >= 15 is 0 Å². The van der Waals surface area contributed by atoms with Gasteiger partial charge in [-0.25, -0.2) is 0 Å². The van der Waals surface area contributed by atoms with E-state index in [9.17, 15) is 4.79 Å². The van der Waals surface area contributed by atoms with Gasteiger partial charge < -0.3 is 19.5 Å². The van der Waals surface area contributed by atoms with Crippen molar-refractivity contribution in [2.75, 3.05) is 27.4 Å². The number of rotatable bonds is 7. The second kappa shape index (κ2) is 9.70. The molecule has 7 heteroatoms. The topological polar surface area (TPSA) is 69.7 Å². The van der Waals surface area contributed by atoms with Gasteiger partial charge in [-0.2, -0.15) is 0 Å². The van der Waals surface area contributed by atoms with Crippen LogP contribution in [0.5, 0.6) is 5.75 Å². The third-order valence-electron chi connectivity index (χ3n) is 3.56. The average molecular weight is 435 g/mol. The van der Waals surface area contributed by atoms with Crippen LogP contribution in [0.2, 0.25) is 0 Å². The fourth-order valence-electron chi connectivity index (χ4n) is 2.38. The smallest absolute Gasteiger partial charge is 0.264 e. The Morgan fingerprint density at radius 1 is 1.30 bits per heavy atom. The molecule has 1 N–H and O–H groups in total. The minimum absolute atomic E-state index is 0.113. The number of nitrogens with zero attached hydrogens (tertiary/aromatic N) is 1. The molecule has 1 heterocycles. The summed E-state index contributed by atoms with van der Waals surface area (Å²) in [5, 5.41) is 3.78. The van der Waals surface area contributed by atoms with Crippen molar-refractivity contribution in [2.45, 2.75) is 25.5 Å². The number of ether oxygens (including phenoxy) is 3. The lowest BCUT2D eigenvalue weighted by Crippen LogP contribution is -2.50. The second-order valence-corrected chi connectivity index (χ2v) is 7.33. The summed E-state index contributed by atoms with van der Waals surface area (Å²) in [7, 11) is 3.09. The first kappa shape index (κ1) is 21.2. The van der Waals surface area contributed by atoms with Crippen molar-refractivity contribution >= 4 is 32.7 Å². The third-order valence-corrected chi connectivity index (χ3v) is 3.99. The molecule has 27 heavy (non-hydrogen) atoms. The van der Waals surface area contributed by atoms with E-state index in [0.29, 0.717) is 12.4 Å². The summed E-state index contributed by atoms with van der Waals surface area (Å²) in [6.07, 6.45) is 0.924. The van der Waals surface area contributed by atoms with Gasteiger partial charge in [-0.15, -0.1) is 0 Å². The van der Waals surface area contributed by atoms with Crippen LogP contribution < -0.4 is 10.1 Å². The van der Waals surface area contributed by atoms with Crippen LogP contribution in [0.4, 0.5) is 0 Å². The van der Waals surface area contributed by atoms with Gasteiger partial charge in [0.2, 0.25) is 0 Å². The van der Waals surface area contributed by atoms with E-state index in [1.807, 2.05) is 32.0 Å². The first-order chi connectivity index (χ1) is 12.8. The van der Waals surface area contributed by atoms with Crippen LogP contribution >= 0.6 is 15.9 Å². The lowest BCUT2D eigenvalue weighted by molar-refractivity contribution is -0.131. The molecule has 0 aliphatic carbocycles. The molecule has 0 bridgehead atoms. The van der Waals surface area contributed by atoms with Crippen molar-refractivity contribution in [1.82, 2.24) is 10.3 Å². The largest absolute Gasteiger partial charge is 0.478 e. The zero-order valence-corrected chi connectivity index (χ0v) is 17.4. The molecular weight excluding hydrogens is 412 g/mol. The van der Waals surface area contributed by atoms with E-state index < -0.39 is 11.6 Å². The van der Waals surface area contributed by atoms with Crippen LogP contribution in [0.25, 0.3) is 10.9 Å².